The van der Waals surface area contributed by atoms with Crippen LogP contribution in [-0.2, 0) is 16.0 Å². The van der Waals surface area contributed by atoms with Gasteiger partial charge in [-0.15, -0.1) is 0 Å². The summed E-state index contributed by atoms with van der Waals surface area (Å²) >= 11 is 0. The van der Waals surface area contributed by atoms with Gasteiger partial charge in [0.05, 0.1) is 24.6 Å². The number of nitrogens with one attached hydrogen (secondary N) is 1. The Kier molecular flexibility index (Phi) is 6.85. The summed E-state index contributed by atoms with van der Waals surface area (Å²) in [6.45, 7) is 1.24. The van der Waals surface area contributed by atoms with Gasteiger partial charge < -0.3 is 25.1 Å². The quantitative estimate of drug-likeness (QED) is 0.443. The first-order chi connectivity index (χ1) is 16.1. The van der Waals surface area contributed by atoms with Crippen molar-refractivity contribution in [2.45, 2.75) is 31.9 Å². The molecule has 0 unspecified atom stereocenters. The van der Waals surface area contributed by atoms with Gasteiger partial charge in [-0.25, -0.2) is 9.97 Å². The van der Waals surface area contributed by atoms with E-state index in [0.717, 1.165) is 16.6 Å². The molecule has 0 radical (unpaired) electrons. The maximum atomic E-state index is 11.7. The molecule has 5 rings (SSSR count). The summed E-state index contributed by atoms with van der Waals surface area (Å²) in [6.07, 6.45) is 9.75. The zero-order valence-electron chi connectivity index (χ0n) is 19.1. The van der Waals surface area contributed by atoms with Crippen LogP contribution >= 0.6 is 0 Å². The number of carbonyl (C=O) groups is 1. The van der Waals surface area contributed by atoms with Crippen molar-refractivity contribution in [1.29, 1.82) is 0 Å². The van der Waals surface area contributed by atoms with E-state index in [0.29, 0.717) is 36.4 Å². The molecule has 0 aromatic carbocycles. The summed E-state index contributed by atoms with van der Waals surface area (Å²) in [5.41, 5.74) is 8.61. The van der Waals surface area contributed by atoms with Crippen LogP contribution in [0.5, 0.6) is 0 Å². The maximum Gasteiger partial charge on any atom is 0.254 e. The van der Waals surface area contributed by atoms with Crippen LogP contribution in [0.25, 0.3) is 27.9 Å². The molecule has 10 heteroatoms. The Labute approximate surface area is 191 Å². The van der Waals surface area contributed by atoms with E-state index in [1.54, 1.807) is 32.0 Å². The third-order valence-electron chi connectivity index (χ3n) is 5.83. The molecule has 0 atom stereocenters. The van der Waals surface area contributed by atoms with Crippen molar-refractivity contribution >= 4 is 28.4 Å². The Morgan fingerprint density at radius 1 is 1.30 bits per heavy atom. The number of ether oxygens (including phenoxy) is 2. The number of amides is 1. The minimum atomic E-state index is -0.569. The minimum Gasteiger partial charge on any atom is -0.383 e. The van der Waals surface area contributed by atoms with Crippen LogP contribution in [0.1, 0.15) is 29.6 Å². The summed E-state index contributed by atoms with van der Waals surface area (Å²) < 4.78 is 13.8. The number of fused-ring (bicyclic) bond motifs is 2. The fourth-order valence-corrected chi connectivity index (χ4v) is 3.75. The normalized spacial score (nSPS) is 13.5. The van der Waals surface area contributed by atoms with Crippen LogP contribution in [0.2, 0.25) is 0 Å². The van der Waals surface area contributed by atoms with Gasteiger partial charge in [0.2, 0.25) is 0 Å². The number of anilines is 1. The van der Waals surface area contributed by atoms with Crippen molar-refractivity contribution in [3.8, 4) is 11.3 Å². The SMILES string of the molecule is CNc1cc(-c2cn(CCOC)c3ncccc23)nc2c(C(N)=O)cnn12.COC1CCC1. The van der Waals surface area contributed by atoms with E-state index in [9.17, 15) is 4.79 Å². The molecule has 0 saturated heterocycles. The Morgan fingerprint density at radius 2 is 2.12 bits per heavy atom. The molecule has 0 bridgehead atoms. The smallest absolute Gasteiger partial charge is 0.254 e. The molecule has 4 heterocycles. The average molecular weight is 452 g/mol. The maximum absolute atomic E-state index is 11.7. The van der Waals surface area contributed by atoms with E-state index in [2.05, 4.69) is 20.4 Å². The second-order valence-corrected chi connectivity index (χ2v) is 7.83. The van der Waals surface area contributed by atoms with Crippen molar-refractivity contribution in [3.05, 3.63) is 42.4 Å². The number of hydrogen-bond donors (Lipinski definition) is 2. The first-order valence-corrected chi connectivity index (χ1v) is 10.9. The fraction of sp³-hybridized carbons (Fsp3) is 0.391. The number of pyridine rings is 1. The first kappa shape index (κ1) is 22.7. The van der Waals surface area contributed by atoms with Crippen LogP contribution in [0, 0.1) is 0 Å². The summed E-state index contributed by atoms with van der Waals surface area (Å²) in [6, 6.07) is 5.77. The molecule has 1 aliphatic rings. The molecule has 3 N–H and O–H groups in total. The largest absolute Gasteiger partial charge is 0.383 e. The lowest BCUT2D eigenvalue weighted by atomic mass is 9.96. The van der Waals surface area contributed by atoms with E-state index in [4.69, 9.17) is 15.2 Å². The molecule has 4 aromatic rings. The van der Waals surface area contributed by atoms with Gasteiger partial charge in [0.1, 0.15) is 17.0 Å². The molecule has 0 aliphatic heterocycles. The first-order valence-electron chi connectivity index (χ1n) is 10.9. The van der Waals surface area contributed by atoms with Crippen LogP contribution < -0.4 is 11.1 Å². The lowest BCUT2D eigenvalue weighted by Gasteiger charge is -2.22. The van der Waals surface area contributed by atoms with Gasteiger partial charge in [-0.1, -0.05) is 0 Å². The predicted molar refractivity (Wildman–Crippen MR) is 126 cm³/mol. The number of methoxy groups -OCH3 is 2. The zero-order chi connectivity index (χ0) is 23.4. The number of hydrogen-bond acceptors (Lipinski definition) is 7. The van der Waals surface area contributed by atoms with Crippen LogP contribution in [0.15, 0.2) is 36.8 Å². The van der Waals surface area contributed by atoms with Crippen molar-refractivity contribution in [3.63, 3.8) is 0 Å². The Hall–Kier alpha value is -3.50. The summed E-state index contributed by atoms with van der Waals surface area (Å²) in [7, 11) is 5.23. The van der Waals surface area contributed by atoms with E-state index in [-0.39, 0.29) is 5.56 Å². The number of carbonyl (C=O) groups excluding carboxylic acids is 1. The van der Waals surface area contributed by atoms with Crippen molar-refractivity contribution in [2.24, 2.45) is 5.73 Å². The highest BCUT2D eigenvalue weighted by Crippen LogP contribution is 2.31. The lowest BCUT2D eigenvalue weighted by molar-refractivity contribution is 0.0412. The number of nitrogens with two attached hydrogens (primary N) is 1. The average Bonchev–Trinajstić information content (AvgIpc) is 3.38. The third kappa shape index (κ3) is 4.53. The second-order valence-electron chi connectivity index (χ2n) is 7.83. The Morgan fingerprint density at radius 3 is 2.73 bits per heavy atom. The molecule has 174 valence electrons. The van der Waals surface area contributed by atoms with Crippen molar-refractivity contribution in [2.75, 3.05) is 33.2 Å². The number of primary amides is 1. The lowest BCUT2D eigenvalue weighted by Crippen LogP contribution is -2.18. The fourth-order valence-electron chi connectivity index (χ4n) is 3.75. The molecular formula is C23H29N7O3. The topological polar surface area (TPSA) is 122 Å². The third-order valence-corrected chi connectivity index (χ3v) is 5.83. The molecule has 1 aliphatic carbocycles. The monoisotopic (exact) mass is 451 g/mol. The van der Waals surface area contributed by atoms with Crippen LogP contribution in [0.3, 0.4) is 0 Å². The standard InChI is InChI=1S/C18H19N7O2.C5H10O/c1-20-15-8-14(23-18-12(16(19)26)9-22-25(15)18)13-10-24(6-7-27-2)17-11(13)4-3-5-21-17;1-6-5-3-2-4-5/h3-5,8-10,20H,6-7H2,1-2H3,(H2,19,26);5H,2-4H2,1H3. The molecule has 1 saturated carbocycles. The molecule has 10 nitrogen and oxygen atoms in total. The zero-order valence-corrected chi connectivity index (χ0v) is 19.1. The van der Waals surface area contributed by atoms with E-state index < -0.39 is 5.91 Å². The van der Waals surface area contributed by atoms with Crippen LogP contribution in [-0.4, -0.2) is 64.0 Å². The molecule has 33 heavy (non-hydrogen) atoms. The summed E-state index contributed by atoms with van der Waals surface area (Å²) in [5.74, 6) is 0.130. The molecule has 1 amide bonds. The van der Waals surface area contributed by atoms with E-state index >= 15 is 0 Å². The molecular weight excluding hydrogens is 422 g/mol. The second kappa shape index (κ2) is 9.97. The Balaban J connectivity index is 0.000000376. The van der Waals surface area contributed by atoms with Crippen LogP contribution in [0.4, 0.5) is 5.82 Å². The molecule has 1 fully saturated rings. The Bertz CT molecular complexity index is 1260. The van der Waals surface area contributed by atoms with Crippen molar-refractivity contribution < 1.29 is 14.3 Å². The van der Waals surface area contributed by atoms with Gasteiger partial charge in [-0.2, -0.15) is 9.61 Å². The van der Waals surface area contributed by atoms with Gasteiger partial charge >= 0.3 is 0 Å². The summed E-state index contributed by atoms with van der Waals surface area (Å²) in [4.78, 5) is 20.9. The van der Waals surface area contributed by atoms with Gasteiger partial charge in [-0.3, -0.25) is 4.79 Å². The highest BCUT2D eigenvalue weighted by molar-refractivity contribution is 5.99. The predicted octanol–water partition coefficient (Wildman–Crippen LogP) is 2.72. The minimum absolute atomic E-state index is 0.273. The van der Waals surface area contributed by atoms with Gasteiger partial charge in [-0.05, 0) is 31.4 Å². The van der Waals surface area contributed by atoms with E-state index in [1.165, 1.54) is 25.5 Å². The number of rotatable bonds is 7. The van der Waals surface area contributed by atoms with Crippen molar-refractivity contribution in [1.82, 2.24) is 24.1 Å². The number of nitrogens with zero attached hydrogens (tertiary/aromatic N) is 5. The molecule has 4 aromatic heterocycles. The molecule has 0 spiro atoms. The number of aromatic nitrogens is 5. The summed E-state index contributed by atoms with van der Waals surface area (Å²) in [5, 5.41) is 8.26. The van der Waals surface area contributed by atoms with Gasteiger partial charge in [0.15, 0.2) is 5.65 Å². The van der Waals surface area contributed by atoms with Gasteiger partial charge in [0, 0.05) is 57.2 Å². The van der Waals surface area contributed by atoms with E-state index in [1.807, 2.05) is 29.0 Å². The highest BCUT2D eigenvalue weighted by Gasteiger charge is 2.18. The highest BCUT2D eigenvalue weighted by atomic mass is 16.5. The van der Waals surface area contributed by atoms with Gasteiger partial charge in [0.25, 0.3) is 5.91 Å².